The van der Waals surface area contributed by atoms with Gasteiger partial charge in [-0.1, -0.05) is 158 Å². The number of thioether (sulfide) groups is 1. The first-order chi connectivity index (χ1) is 34.4. The maximum atomic E-state index is 14.4. The summed E-state index contributed by atoms with van der Waals surface area (Å²) in [6.45, 7) is 3.02. The van der Waals surface area contributed by atoms with Crippen molar-refractivity contribution in [3.05, 3.63) is 234 Å². The molecule has 2 unspecified atom stereocenters. The van der Waals surface area contributed by atoms with Gasteiger partial charge in [0.25, 0.3) is 0 Å². The van der Waals surface area contributed by atoms with Crippen molar-refractivity contribution < 1.29 is 18.7 Å². The monoisotopic (exact) mass is 969 g/mol. The number of carbonyl (C=O) groups excluding carboxylic acids is 2. The fourth-order valence-corrected chi connectivity index (χ4v) is 16.7. The molecule has 7 aromatic rings. The molecule has 9 heteroatoms. The summed E-state index contributed by atoms with van der Waals surface area (Å²) in [6.07, 6.45) is 3.59. The molecule has 0 aromatic heterocycles. The van der Waals surface area contributed by atoms with E-state index in [4.69, 9.17) is 4.74 Å². The average Bonchev–Trinajstić information content (AvgIpc) is 3.69. The number of nitrogens with zero attached hydrogens (tertiary/aromatic N) is 2. The lowest BCUT2D eigenvalue weighted by molar-refractivity contribution is -0.150. The third kappa shape index (κ3) is 10.7. The van der Waals surface area contributed by atoms with Crippen molar-refractivity contribution in [3.63, 3.8) is 0 Å². The van der Waals surface area contributed by atoms with Crippen molar-refractivity contribution >= 4 is 33.7 Å². The Morgan fingerprint density at radius 3 is 1.64 bits per heavy atom. The molecule has 70 heavy (non-hydrogen) atoms. The number of nitrogens with one attached hydrogen (secondary N) is 1. The standard InChI is InChI=1S/C61H64FN3O3S2/c1-68-60(67)59-56(47-33-35-51(62)36-34-47)45-52-37-38-57(59)65(52)41-20-40-64(42-44-70(53-27-14-5-15-28-53,54-29-16-6-17-30-54)55-31-18-7-19-32-55)46-58(66)63-39-43-69-61(48-21-8-2-9-22-48,49-23-10-3-11-24-49)50-25-12-4-13-26-50/h2-19,21-36,52,56-57,59H,20,37-46H2,1H3,(H,63,66)/t52?,56-,57?,59+/m1/s1. The minimum absolute atomic E-state index is 0.0102. The van der Waals surface area contributed by atoms with E-state index in [2.05, 4.69) is 197 Å². The summed E-state index contributed by atoms with van der Waals surface area (Å²) >= 11 is 1.85. The molecule has 4 atom stereocenters. The zero-order valence-electron chi connectivity index (χ0n) is 40.0. The first-order valence-corrected chi connectivity index (χ1v) is 27.5. The summed E-state index contributed by atoms with van der Waals surface area (Å²) in [4.78, 5) is 36.8. The highest BCUT2D eigenvalue weighted by atomic mass is 32.3. The Morgan fingerprint density at radius 2 is 1.16 bits per heavy atom. The van der Waals surface area contributed by atoms with E-state index in [1.165, 1.54) is 50.6 Å². The number of fused-ring (bicyclic) bond motifs is 2. The summed E-state index contributed by atoms with van der Waals surface area (Å²) in [5.41, 5.74) is 4.59. The number of carbonyl (C=O) groups is 2. The van der Waals surface area contributed by atoms with Gasteiger partial charge in [-0.05, 0) is 124 Å². The molecule has 7 aromatic carbocycles. The molecule has 2 saturated heterocycles. The fraction of sp³-hybridized carbons (Fsp3) is 0.279. The number of hydrogen-bond donors (Lipinski definition) is 1. The van der Waals surface area contributed by atoms with Crippen molar-refractivity contribution in [2.75, 3.05) is 51.3 Å². The lowest BCUT2D eigenvalue weighted by atomic mass is 9.76. The fourth-order valence-electron chi connectivity index (χ4n) is 11.3. The van der Waals surface area contributed by atoms with Crippen molar-refractivity contribution in [1.29, 1.82) is 0 Å². The van der Waals surface area contributed by atoms with Crippen LogP contribution in [0.1, 0.15) is 53.9 Å². The van der Waals surface area contributed by atoms with Gasteiger partial charge in [-0.25, -0.2) is 4.39 Å². The molecule has 360 valence electrons. The van der Waals surface area contributed by atoms with Crippen LogP contribution in [-0.2, 0) is 19.1 Å². The van der Waals surface area contributed by atoms with Gasteiger partial charge in [0.1, 0.15) is 5.82 Å². The molecule has 2 aliphatic heterocycles. The van der Waals surface area contributed by atoms with E-state index in [1.807, 2.05) is 23.9 Å². The van der Waals surface area contributed by atoms with Crippen molar-refractivity contribution in [1.82, 2.24) is 15.1 Å². The van der Waals surface area contributed by atoms with Crippen LogP contribution < -0.4 is 5.32 Å². The summed E-state index contributed by atoms with van der Waals surface area (Å²) < 4.78 is 19.0. The van der Waals surface area contributed by atoms with Gasteiger partial charge in [0.15, 0.2) is 0 Å². The highest BCUT2D eigenvalue weighted by Gasteiger charge is 2.51. The van der Waals surface area contributed by atoms with Crippen LogP contribution >= 0.6 is 21.8 Å². The Hall–Kier alpha value is -5.97. The maximum absolute atomic E-state index is 14.4. The Bertz CT molecular complexity index is 2530. The van der Waals surface area contributed by atoms with E-state index in [1.54, 1.807) is 0 Å². The number of piperidine rings is 1. The SMILES string of the molecule is COC(=O)[C@@H]1C2CCC(C[C@@H]1c1ccc(F)cc1)N2CCCN(CCS(c1ccccc1)(c1ccccc1)c1ccccc1)CC(=O)NCCSC(c1ccccc1)(c1ccccc1)c1ccccc1. The molecule has 2 bridgehead atoms. The first-order valence-electron chi connectivity index (χ1n) is 24.8. The van der Waals surface area contributed by atoms with E-state index in [-0.39, 0.29) is 42.1 Å². The minimum Gasteiger partial charge on any atom is -0.469 e. The molecule has 1 amide bonds. The van der Waals surface area contributed by atoms with Gasteiger partial charge in [-0.2, -0.15) is 10.0 Å². The van der Waals surface area contributed by atoms with Gasteiger partial charge in [-0.3, -0.25) is 19.4 Å². The number of amides is 1. The molecular formula is C61H64FN3O3S2. The predicted octanol–water partition coefficient (Wildman–Crippen LogP) is 12.5. The molecule has 0 spiro atoms. The molecule has 0 aliphatic carbocycles. The van der Waals surface area contributed by atoms with Crippen LogP contribution in [0.4, 0.5) is 4.39 Å². The molecule has 2 fully saturated rings. The Labute approximate surface area is 420 Å². The summed E-state index contributed by atoms with van der Waals surface area (Å²) in [5, 5.41) is 3.36. The third-order valence-corrected chi connectivity index (χ3v) is 20.1. The maximum Gasteiger partial charge on any atom is 0.310 e. The van der Waals surface area contributed by atoms with E-state index < -0.39 is 14.8 Å². The van der Waals surface area contributed by atoms with Crippen molar-refractivity contribution in [3.8, 4) is 0 Å². The lowest BCUT2D eigenvalue weighted by Gasteiger charge is -2.44. The molecule has 0 radical (unpaired) electrons. The smallest absolute Gasteiger partial charge is 0.310 e. The highest BCUT2D eigenvalue weighted by Crippen LogP contribution is 2.68. The number of halogens is 1. The summed E-state index contributed by atoms with van der Waals surface area (Å²) in [6, 6.07) is 71.8. The van der Waals surface area contributed by atoms with Crippen molar-refractivity contribution in [2.24, 2.45) is 5.92 Å². The summed E-state index contributed by atoms with van der Waals surface area (Å²) in [7, 11) is -0.272. The van der Waals surface area contributed by atoms with E-state index >= 15 is 0 Å². The second-order valence-corrected chi connectivity index (χ2v) is 23.1. The number of benzene rings is 7. The molecule has 2 heterocycles. The lowest BCUT2D eigenvalue weighted by Crippen LogP contribution is -2.51. The number of hydrogen-bond acceptors (Lipinski definition) is 6. The predicted molar refractivity (Wildman–Crippen MR) is 285 cm³/mol. The molecule has 1 N–H and O–H groups in total. The normalized spacial score (nSPS) is 18.3. The molecule has 0 saturated carbocycles. The van der Waals surface area contributed by atoms with E-state index in [0.29, 0.717) is 24.9 Å². The van der Waals surface area contributed by atoms with Gasteiger partial charge < -0.3 is 10.1 Å². The number of ether oxygens (including phenoxy) is 1. The molecule has 2 aliphatic rings. The molecule has 9 rings (SSSR count). The Kier molecular flexibility index (Phi) is 16.3. The van der Waals surface area contributed by atoms with Crippen LogP contribution in [0.25, 0.3) is 0 Å². The topological polar surface area (TPSA) is 61.9 Å². The zero-order valence-corrected chi connectivity index (χ0v) is 41.7. The van der Waals surface area contributed by atoms with Gasteiger partial charge in [0.05, 0.1) is 24.3 Å². The third-order valence-electron chi connectivity index (χ3n) is 14.5. The second kappa shape index (κ2) is 23.3. The number of esters is 1. The van der Waals surface area contributed by atoms with Crippen LogP contribution in [-0.4, -0.2) is 85.1 Å². The van der Waals surface area contributed by atoms with E-state index in [0.717, 1.165) is 50.1 Å². The van der Waals surface area contributed by atoms with Crippen LogP contribution in [0.3, 0.4) is 0 Å². The quantitative estimate of drug-likeness (QED) is 0.0440. The van der Waals surface area contributed by atoms with Crippen LogP contribution in [0.2, 0.25) is 0 Å². The van der Waals surface area contributed by atoms with Gasteiger partial charge in [-0.15, -0.1) is 11.8 Å². The molecule has 6 nitrogen and oxygen atoms in total. The first kappa shape index (κ1) is 49.0. The number of rotatable bonds is 21. The Balaban J connectivity index is 0.958. The summed E-state index contributed by atoms with van der Waals surface area (Å²) in [5.74, 6) is 0.718. The van der Waals surface area contributed by atoms with Crippen molar-refractivity contribution in [2.45, 2.75) is 63.1 Å². The van der Waals surface area contributed by atoms with Crippen LogP contribution in [0.15, 0.2) is 221 Å². The largest absolute Gasteiger partial charge is 0.469 e. The van der Waals surface area contributed by atoms with E-state index in [9.17, 15) is 14.0 Å². The van der Waals surface area contributed by atoms with Gasteiger partial charge in [0, 0.05) is 42.6 Å². The highest BCUT2D eigenvalue weighted by molar-refractivity contribution is 8.33. The second-order valence-electron chi connectivity index (χ2n) is 18.5. The van der Waals surface area contributed by atoms with Gasteiger partial charge in [0.2, 0.25) is 5.91 Å². The molecular weight excluding hydrogens is 906 g/mol. The average molecular weight is 970 g/mol. The zero-order chi connectivity index (χ0) is 48.2. The minimum atomic E-state index is -1.75. The van der Waals surface area contributed by atoms with Crippen LogP contribution in [0, 0.1) is 11.7 Å². The van der Waals surface area contributed by atoms with Crippen LogP contribution in [0.5, 0.6) is 0 Å². The Morgan fingerprint density at radius 1 is 0.671 bits per heavy atom. The number of methoxy groups -OCH3 is 1. The van der Waals surface area contributed by atoms with Gasteiger partial charge >= 0.3 is 5.97 Å².